The van der Waals surface area contributed by atoms with Gasteiger partial charge in [-0.25, -0.2) is 9.37 Å². The Morgan fingerprint density at radius 3 is 2.62 bits per heavy atom. The number of pyridine rings is 1. The second-order valence-electron chi connectivity index (χ2n) is 7.00. The summed E-state index contributed by atoms with van der Waals surface area (Å²) < 4.78 is 13.6. The Kier molecular flexibility index (Phi) is 6.77. The third-order valence-electron chi connectivity index (χ3n) is 4.47. The molecule has 0 aliphatic heterocycles. The predicted molar refractivity (Wildman–Crippen MR) is 127 cm³/mol. The molecule has 0 spiro atoms. The number of halogens is 1. The van der Waals surface area contributed by atoms with Gasteiger partial charge in [-0.15, -0.1) is 11.3 Å². The number of hydrogen-bond acceptors (Lipinski definition) is 6. The van der Waals surface area contributed by atoms with E-state index in [1.54, 1.807) is 0 Å². The van der Waals surface area contributed by atoms with Crippen LogP contribution in [0.2, 0.25) is 0 Å². The van der Waals surface area contributed by atoms with Gasteiger partial charge in [-0.3, -0.25) is 14.6 Å². The molecule has 2 N–H and O–H groups in total. The van der Waals surface area contributed by atoms with Crippen LogP contribution >= 0.6 is 23.1 Å². The second-order valence-corrected chi connectivity index (χ2v) is 9.08. The number of anilines is 2. The number of hydrogen-bond donors (Lipinski definition) is 2. The topological polar surface area (TPSA) is 84.0 Å². The number of aromatic nitrogens is 2. The molecule has 0 bridgehead atoms. The van der Waals surface area contributed by atoms with Crippen LogP contribution in [-0.2, 0) is 16.0 Å². The van der Waals surface area contributed by atoms with Gasteiger partial charge < -0.3 is 10.6 Å². The molecule has 162 valence electrons. The highest BCUT2D eigenvalue weighted by molar-refractivity contribution is 8.01. The molecule has 4 rings (SSSR count). The zero-order valence-electron chi connectivity index (χ0n) is 17.1. The number of benzene rings is 2. The monoisotopic (exact) mass is 466 g/mol. The number of thioether (sulfide) groups is 1. The molecule has 2 amide bonds. The summed E-state index contributed by atoms with van der Waals surface area (Å²) in [7, 11) is 0. The molecule has 0 saturated carbocycles. The van der Waals surface area contributed by atoms with Gasteiger partial charge in [-0.1, -0.05) is 17.8 Å². The van der Waals surface area contributed by atoms with E-state index in [0.29, 0.717) is 21.4 Å². The van der Waals surface area contributed by atoms with E-state index in [4.69, 9.17) is 0 Å². The summed E-state index contributed by atoms with van der Waals surface area (Å²) in [5.74, 6) is -0.576. The van der Waals surface area contributed by atoms with Crippen molar-refractivity contribution in [1.82, 2.24) is 9.97 Å². The van der Waals surface area contributed by atoms with Gasteiger partial charge in [0.25, 0.3) is 0 Å². The lowest BCUT2D eigenvalue weighted by Gasteiger charge is -2.08. The highest BCUT2D eigenvalue weighted by atomic mass is 32.2. The third-order valence-corrected chi connectivity index (χ3v) is 6.54. The summed E-state index contributed by atoms with van der Waals surface area (Å²) in [5.41, 5.74) is 3.63. The summed E-state index contributed by atoms with van der Waals surface area (Å²) in [6.07, 6.45) is 0.133. The van der Waals surface area contributed by atoms with E-state index in [1.807, 2.05) is 42.6 Å². The van der Waals surface area contributed by atoms with Crippen LogP contribution in [0.15, 0.2) is 64.3 Å². The van der Waals surface area contributed by atoms with E-state index >= 15 is 0 Å². The Morgan fingerprint density at radius 1 is 1.00 bits per heavy atom. The smallest absolute Gasteiger partial charge is 0.234 e. The van der Waals surface area contributed by atoms with Crippen molar-refractivity contribution in [2.75, 3.05) is 16.4 Å². The van der Waals surface area contributed by atoms with E-state index in [9.17, 15) is 14.0 Å². The van der Waals surface area contributed by atoms with Crippen LogP contribution < -0.4 is 10.6 Å². The van der Waals surface area contributed by atoms with Crippen LogP contribution in [0.1, 0.15) is 11.4 Å². The van der Waals surface area contributed by atoms with Gasteiger partial charge in [-0.05, 0) is 55.5 Å². The van der Waals surface area contributed by atoms with Gasteiger partial charge in [0.2, 0.25) is 11.8 Å². The molecule has 32 heavy (non-hydrogen) atoms. The Bertz CT molecular complexity index is 1270. The number of carbonyl (C=O) groups is 2. The minimum Gasteiger partial charge on any atom is -0.325 e. The van der Waals surface area contributed by atoms with Crippen LogP contribution in [0, 0.1) is 12.7 Å². The summed E-state index contributed by atoms with van der Waals surface area (Å²) in [5, 5.41) is 8.33. The number of rotatable bonds is 7. The quantitative estimate of drug-likeness (QED) is 0.372. The maximum Gasteiger partial charge on any atom is 0.234 e. The van der Waals surface area contributed by atoms with E-state index in [2.05, 4.69) is 20.6 Å². The lowest BCUT2D eigenvalue weighted by atomic mass is 10.1. The van der Waals surface area contributed by atoms with Crippen molar-refractivity contribution in [1.29, 1.82) is 0 Å². The standard InChI is InChI=1S/C23H19FN4O2S2/c1-14-5-10-18-19(25-14)3-2-4-20(18)28-21(29)11-17-12-31-23(27-17)32-13-22(30)26-16-8-6-15(24)7-9-16/h2-10,12H,11,13H2,1H3,(H,26,30)(H,28,29). The van der Waals surface area contributed by atoms with Gasteiger partial charge in [0, 0.05) is 22.1 Å². The highest BCUT2D eigenvalue weighted by Gasteiger charge is 2.12. The fourth-order valence-electron chi connectivity index (χ4n) is 3.02. The summed E-state index contributed by atoms with van der Waals surface area (Å²) >= 11 is 2.67. The average molecular weight is 467 g/mol. The van der Waals surface area contributed by atoms with Crippen LogP contribution in [0.25, 0.3) is 10.9 Å². The van der Waals surface area contributed by atoms with Crippen LogP contribution in [0.4, 0.5) is 15.8 Å². The first-order valence-electron chi connectivity index (χ1n) is 9.75. The molecule has 0 fully saturated rings. The van der Waals surface area contributed by atoms with E-state index < -0.39 is 0 Å². The molecule has 0 unspecified atom stereocenters. The fourth-order valence-corrected chi connectivity index (χ4v) is 4.66. The number of fused-ring (bicyclic) bond motifs is 1. The Hall–Kier alpha value is -3.30. The largest absolute Gasteiger partial charge is 0.325 e. The van der Waals surface area contributed by atoms with Gasteiger partial charge >= 0.3 is 0 Å². The van der Waals surface area contributed by atoms with Crippen molar-refractivity contribution in [3.8, 4) is 0 Å². The molecule has 0 aliphatic carbocycles. The third kappa shape index (κ3) is 5.68. The molecule has 0 atom stereocenters. The van der Waals surface area contributed by atoms with Crippen LogP contribution in [0.5, 0.6) is 0 Å². The molecule has 0 radical (unpaired) electrons. The number of nitrogens with zero attached hydrogens (tertiary/aromatic N) is 2. The predicted octanol–water partition coefficient (Wildman–Crippen LogP) is 5.05. The molecule has 2 aromatic carbocycles. The first kappa shape index (κ1) is 21.9. The highest BCUT2D eigenvalue weighted by Crippen LogP contribution is 2.25. The first-order chi connectivity index (χ1) is 15.5. The van der Waals surface area contributed by atoms with E-state index in [0.717, 1.165) is 16.6 Å². The molecule has 4 aromatic rings. The second kappa shape index (κ2) is 9.88. The lowest BCUT2D eigenvalue weighted by Crippen LogP contribution is -2.15. The van der Waals surface area contributed by atoms with Gasteiger partial charge in [0.15, 0.2) is 4.34 Å². The molecular formula is C23H19FN4O2S2. The number of carbonyl (C=O) groups excluding carboxylic acids is 2. The lowest BCUT2D eigenvalue weighted by molar-refractivity contribution is -0.116. The number of amides is 2. The van der Waals surface area contributed by atoms with E-state index in [1.165, 1.54) is 47.4 Å². The summed E-state index contributed by atoms with van der Waals surface area (Å²) in [6, 6.07) is 15.1. The van der Waals surface area contributed by atoms with Crippen molar-refractivity contribution < 1.29 is 14.0 Å². The maximum absolute atomic E-state index is 12.9. The van der Waals surface area contributed by atoms with E-state index in [-0.39, 0.29) is 29.8 Å². The molecule has 9 heteroatoms. The van der Waals surface area contributed by atoms with Gasteiger partial charge in [0.05, 0.1) is 29.1 Å². The molecule has 2 heterocycles. The Balaban J connectivity index is 1.30. The van der Waals surface area contributed by atoms with Crippen LogP contribution in [0.3, 0.4) is 0 Å². The summed E-state index contributed by atoms with van der Waals surface area (Å²) in [6.45, 7) is 1.93. The minimum atomic E-state index is -0.357. The maximum atomic E-state index is 12.9. The van der Waals surface area contributed by atoms with Crippen molar-refractivity contribution in [3.63, 3.8) is 0 Å². The zero-order chi connectivity index (χ0) is 22.5. The minimum absolute atomic E-state index is 0.133. The molecular weight excluding hydrogens is 447 g/mol. The first-order valence-corrected chi connectivity index (χ1v) is 11.6. The SMILES string of the molecule is Cc1ccc2c(NC(=O)Cc3csc(SCC(=O)Nc4ccc(F)cc4)n3)cccc2n1. The summed E-state index contributed by atoms with van der Waals surface area (Å²) in [4.78, 5) is 33.5. The Morgan fingerprint density at radius 2 is 1.81 bits per heavy atom. The normalized spacial score (nSPS) is 10.8. The van der Waals surface area contributed by atoms with Crippen molar-refractivity contribution in [2.45, 2.75) is 17.7 Å². The molecule has 2 aromatic heterocycles. The number of aryl methyl sites for hydroxylation is 1. The molecule has 0 saturated heterocycles. The average Bonchev–Trinajstić information content (AvgIpc) is 3.21. The van der Waals surface area contributed by atoms with Crippen molar-refractivity contribution in [3.05, 3.63) is 77.2 Å². The molecule has 0 aliphatic rings. The number of thiazole rings is 1. The van der Waals surface area contributed by atoms with Crippen molar-refractivity contribution >= 4 is 57.2 Å². The zero-order valence-corrected chi connectivity index (χ0v) is 18.7. The van der Waals surface area contributed by atoms with Crippen molar-refractivity contribution in [2.24, 2.45) is 0 Å². The fraction of sp³-hybridized carbons (Fsp3) is 0.130. The van der Waals surface area contributed by atoms with Gasteiger partial charge in [-0.2, -0.15) is 0 Å². The number of nitrogens with one attached hydrogen (secondary N) is 2. The van der Waals surface area contributed by atoms with Crippen LogP contribution in [-0.4, -0.2) is 27.5 Å². The molecule has 6 nitrogen and oxygen atoms in total. The van der Waals surface area contributed by atoms with Gasteiger partial charge in [0.1, 0.15) is 5.82 Å². The Labute approximate surface area is 192 Å².